The zero-order chi connectivity index (χ0) is 18.4. The second kappa shape index (κ2) is 8.57. The van der Waals surface area contributed by atoms with E-state index >= 15 is 0 Å². The molecule has 0 saturated carbocycles. The Kier molecular flexibility index (Phi) is 6.71. The third kappa shape index (κ3) is 5.93. The van der Waals surface area contributed by atoms with Crippen molar-refractivity contribution in [3.05, 3.63) is 29.8 Å². The molecule has 6 nitrogen and oxygen atoms in total. The Balaban J connectivity index is 1.87. The lowest BCUT2D eigenvalue weighted by molar-refractivity contribution is -0.121. The van der Waals surface area contributed by atoms with Gasteiger partial charge >= 0.3 is 0 Å². The van der Waals surface area contributed by atoms with Crippen LogP contribution in [0.25, 0.3) is 0 Å². The van der Waals surface area contributed by atoms with Crippen LogP contribution in [0.5, 0.6) is 0 Å². The highest BCUT2D eigenvalue weighted by Gasteiger charge is 2.20. The molecule has 1 aromatic rings. The highest BCUT2D eigenvalue weighted by atomic mass is 32.2. The molecule has 0 aromatic heterocycles. The van der Waals surface area contributed by atoms with Crippen molar-refractivity contribution in [1.82, 2.24) is 5.32 Å². The average Bonchev–Trinajstić information content (AvgIpc) is 3.05. The van der Waals surface area contributed by atoms with Gasteiger partial charge in [-0.15, -0.1) is 0 Å². The standard InChI is InChI=1S/C16H22F2N2O4S/c1-25(22,23)20(12-6-7-14(17)15(18)10-12)8-2-5-16(21)19-11-13-4-3-9-24-13/h6-7,10,13H,2-5,8-9,11H2,1H3,(H,19,21)/t13-/m1/s1. The number of ether oxygens (including phenoxy) is 1. The molecule has 1 heterocycles. The van der Waals surface area contributed by atoms with E-state index in [4.69, 9.17) is 4.74 Å². The number of benzene rings is 1. The van der Waals surface area contributed by atoms with Gasteiger partial charge in [0.15, 0.2) is 11.6 Å². The minimum atomic E-state index is -3.68. The molecular formula is C16H22F2N2O4S. The normalized spacial score (nSPS) is 17.5. The van der Waals surface area contributed by atoms with Crippen molar-refractivity contribution in [3.8, 4) is 0 Å². The zero-order valence-electron chi connectivity index (χ0n) is 14.0. The lowest BCUT2D eigenvalue weighted by atomic mass is 10.2. The summed E-state index contributed by atoms with van der Waals surface area (Å²) in [6.07, 6.45) is 3.30. The van der Waals surface area contributed by atoms with Crippen molar-refractivity contribution >= 4 is 21.6 Å². The van der Waals surface area contributed by atoms with Gasteiger partial charge in [-0.2, -0.15) is 0 Å². The molecule has 1 fully saturated rings. The molecule has 0 spiro atoms. The summed E-state index contributed by atoms with van der Waals surface area (Å²) in [5.41, 5.74) is 0.0289. The Labute approximate surface area is 146 Å². The maximum absolute atomic E-state index is 13.4. The second-order valence-corrected chi connectivity index (χ2v) is 7.88. The molecule has 1 aliphatic heterocycles. The maximum atomic E-state index is 13.4. The fourth-order valence-corrected chi connectivity index (χ4v) is 3.59. The minimum Gasteiger partial charge on any atom is -0.376 e. The van der Waals surface area contributed by atoms with Crippen molar-refractivity contribution in [3.63, 3.8) is 0 Å². The van der Waals surface area contributed by atoms with Crippen LogP contribution in [-0.2, 0) is 19.6 Å². The van der Waals surface area contributed by atoms with Gasteiger partial charge in [-0.25, -0.2) is 17.2 Å². The molecule has 1 saturated heterocycles. The van der Waals surface area contributed by atoms with Gasteiger partial charge in [-0.1, -0.05) is 0 Å². The summed E-state index contributed by atoms with van der Waals surface area (Å²) in [4.78, 5) is 11.8. The number of sulfonamides is 1. The first-order valence-corrected chi connectivity index (χ1v) is 9.93. The number of amides is 1. The number of hydrogen-bond donors (Lipinski definition) is 1. The molecule has 0 radical (unpaired) electrons. The Morgan fingerprint density at radius 1 is 1.36 bits per heavy atom. The fourth-order valence-electron chi connectivity index (χ4n) is 2.63. The van der Waals surface area contributed by atoms with E-state index in [1.54, 1.807) is 0 Å². The Morgan fingerprint density at radius 3 is 2.72 bits per heavy atom. The summed E-state index contributed by atoms with van der Waals surface area (Å²) in [7, 11) is -3.68. The summed E-state index contributed by atoms with van der Waals surface area (Å²) in [6, 6.07) is 2.89. The number of anilines is 1. The molecule has 1 aliphatic rings. The predicted octanol–water partition coefficient (Wildman–Crippen LogP) is 1.81. The topological polar surface area (TPSA) is 75.7 Å². The second-order valence-electron chi connectivity index (χ2n) is 5.98. The monoisotopic (exact) mass is 376 g/mol. The molecule has 2 rings (SSSR count). The molecule has 9 heteroatoms. The molecular weight excluding hydrogens is 354 g/mol. The first-order valence-electron chi connectivity index (χ1n) is 8.08. The van der Waals surface area contributed by atoms with Crippen molar-refractivity contribution in [2.24, 2.45) is 0 Å². The molecule has 1 atom stereocenters. The van der Waals surface area contributed by atoms with E-state index in [1.807, 2.05) is 0 Å². The summed E-state index contributed by atoms with van der Waals surface area (Å²) in [5, 5.41) is 2.75. The summed E-state index contributed by atoms with van der Waals surface area (Å²) >= 11 is 0. The van der Waals surface area contributed by atoms with E-state index in [-0.39, 0.29) is 37.1 Å². The molecule has 1 amide bonds. The average molecular weight is 376 g/mol. The van der Waals surface area contributed by atoms with Crippen LogP contribution in [0.3, 0.4) is 0 Å². The number of rotatable bonds is 8. The Bertz CT molecular complexity index is 706. The third-order valence-electron chi connectivity index (χ3n) is 3.91. The lowest BCUT2D eigenvalue weighted by Gasteiger charge is -2.22. The predicted molar refractivity (Wildman–Crippen MR) is 89.8 cm³/mol. The van der Waals surface area contributed by atoms with E-state index in [2.05, 4.69) is 5.32 Å². The third-order valence-corrected chi connectivity index (χ3v) is 5.10. The van der Waals surface area contributed by atoms with Gasteiger partial charge < -0.3 is 10.1 Å². The van der Waals surface area contributed by atoms with Crippen LogP contribution < -0.4 is 9.62 Å². The Hall–Kier alpha value is -1.74. The zero-order valence-corrected chi connectivity index (χ0v) is 14.8. The van der Waals surface area contributed by atoms with Gasteiger partial charge in [0.1, 0.15) is 0 Å². The maximum Gasteiger partial charge on any atom is 0.232 e. The van der Waals surface area contributed by atoms with Crippen molar-refractivity contribution in [1.29, 1.82) is 0 Å². The lowest BCUT2D eigenvalue weighted by Crippen LogP contribution is -2.34. The van der Waals surface area contributed by atoms with E-state index in [0.717, 1.165) is 35.5 Å². The van der Waals surface area contributed by atoms with Crippen LogP contribution in [0, 0.1) is 11.6 Å². The smallest absolute Gasteiger partial charge is 0.232 e. The van der Waals surface area contributed by atoms with Gasteiger partial charge in [0, 0.05) is 32.2 Å². The molecule has 0 aliphatic carbocycles. The number of nitrogens with zero attached hydrogens (tertiary/aromatic N) is 1. The quantitative estimate of drug-likeness (QED) is 0.751. The van der Waals surface area contributed by atoms with Gasteiger partial charge in [0.25, 0.3) is 0 Å². The minimum absolute atomic E-state index is 0.00272. The van der Waals surface area contributed by atoms with Crippen LogP contribution in [-0.4, -0.2) is 46.4 Å². The van der Waals surface area contributed by atoms with Crippen LogP contribution >= 0.6 is 0 Å². The van der Waals surface area contributed by atoms with Crippen molar-refractivity contribution in [2.75, 3.05) is 30.3 Å². The molecule has 25 heavy (non-hydrogen) atoms. The fraction of sp³-hybridized carbons (Fsp3) is 0.562. The number of carbonyl (C=O) groups is 1. The van der Waals surface area contributed by atoms with Crippen LogP contribution in [0.2, 0.25) is 0 Å². The first kappa shape index (κ1) is 19.6. The van der Waals surface area contributed by atoms with Crippen molar-refractivity contribution < 1.29 is 26.7 Å². The van der Waals surface area contributed by atoms with E-state index in [9.17, 15) is 22.0 Å². The molecule has 140 valence electrons. The molecule has 0 bridgehead atoms. The SMILES string of the molecule is CS(=O)(=O)N(CCCC(=O)NC[C@H]1CCCO1)c1ccc(F)c(F)c1. The number of nitrogens with one attached hydrogen (secondary N) is 1. The van der Waals surface area contributed by atoms with Gasteiger partial charge in [0.05, 0.1) is 18.0 Å². The highest BCUT2D eigenvalue weighted by Crippen LogP contribution is 2.21. The summed E-state index contributed by atoms with van der Waals surface area (Å²) < 4.78 is 56.5. The molecule has 0 unspecified atom stereocenters. The summed E-state index contributed by atoms with van der Waals surface area (Å²) in [5.74, 6) is -2.37. The van der Waals surface area contributed by atoms with Crippen molar-refractivity contribution in [2.45, 2.75) is 31.8 Å². The van der Waals surface area contributed by atoms with E-state index in [1.165, 1.54) is 6.07 Å². The van der Waals surface area contributed by atoms with E-state index in [0.29, 0.717) is 13.2 Å². The van der Waals surface area contributed by atoms with Gasteiger partial charge in [-0.05, 0) is 31.4 Å². The van der Waals surface area contributed by atoms with Crippen LogP contribution in [0.1, 0.15) is 25.7 Å². The molecule has 1 N–H and O–H groups in total. The largest absolute Gasteiger partial charge is 0.376 e. The van der Waals surface area contributed by atoms with E-state index < -0.39 is 21.7 Å². The van der Waals surface area contributed by atoms with Crippen LogP contribution in [0.4, 0.5) is 14.5 Å². The number of carbonyl (C=O) groups excluding carboxylic acids is 1. The first-order chi connectivity index (χ1) is 11.8. The number of halogens is 2. The van der Waals surface area contributed by atoms with Crippen LogP contribution in [0.15, 0.2) is 18.2 Å². The molecule has 1 aromatic carbocycles. The summed E-state index contributed by atoms with van der Waals surface area (Å²) in [6.45, 7) is 1.15. The Morgan fingerprint density at radius 2 is 2.12 bits per heavy atom. The number of hydrogen-bond acceptors (Lipinski definition) is 4. The van der Waals surface area contributed by atoms with Gasteiger partial charge in [0.2, 0.25) is 15.9 Å². The van der Waals surface area contributed by atoms with Gasteiger partial charge in [-0.3, -0.25) is 9.10 Å². The highest BCUT2D eigenvalue weighted by molar-refractivity contribution is 7.92.